The van der Waals surface area contributed by atoms with E-state index in [1.165, 1.54) is 18.6 Å². The first kappa shape index (κ1) is 20.9. The Morgan fingerprint density at radius 1 is 1.18 bits per heavy atom. The van der Waals surface area contributed by atoms with Crippen molar-refractivity contribution < 1.29 is 27.4 Å². The van der Waals surface area contributed by atoms with E-state index in [-0.39, 0.29) is 23.8 Å². The van der Waals surface area contributed by atoms with Gasteiger partial charge in [-0.3, -0.25) is 9.69 Å². The predicted octanol–water partition coefficient (Wildman–Crippen LogP) is 3.24. The summed E-state index contributed by atoms with van der Waals surface area (Å²) in [5.41, 5.74) is -0.854. The van der Waals surface area contributed by atoms with E-state index < -0.39 is 11.7 Å². The van der Waals surface area contributed by atoms with Crippen LogP contribution in [0.5, 0.6) is 5.75 Å². The minimum Gasteiger partial charge on any atom is -0.484 e. The van der Waals surface area contributed by atoms with Crippen molar-refractivity contribution in [2.24, 2.45) is 0 Å². The summed E-state index contributed by atoms with van der Waals surface area (Å²) in [6.07, 6.45) is 1.09. The number of amides is 1. The lowest BCUT2D eigenvalue weighted by Crippen LogP contribution is -2.60. The molecule has 156 valence electrons. The zero-order valence-corrected chi connectivity index (χ0v) is 15.9. The normalized spacial score (nSPS) is 20.5. The SMILES string of the molecule is O=C(COc1cccc(C(F)(F)F)c1)NCC1(N2CCOCC2)CCCCC1. The number of ether oxygens (including phenoxy) is 2. The van der Waals surface area contributed by atoms with Gasteiger partial charge in [-0.25, -0.2) is 0 Å². The van der Waals surface area contributed by atoms with Gasteiger partial charge in [0.25, 0.3) is 5.91 Å². The van der Waals surface area contributed by atoms with Gasteiger partial charge in [-0.1, -0.05) is 25.3 Å². The molecule has 1 saturated heterocycles. The van der Waals surface area contributed by atoms with Crippen LogP contribution in [0, 0.1) is 0 Å². The molecule has 8 heteroatoms. The molecule has 28 heavy (non-hydrogen) atoms. The van der Waals surface area contributed by atoms with Gasteiger partial charge in [0.1, 0.15) is 5.75 Å². The summed E-state index contributed by atoms with van der Waals surface area (Å²) in [4.78, 5) is 14.7. The van der Waals surface area contributed by atoms with Crippen LogP contribution >= 0.6 is 0 Å². The standard InChI is InChI=1S/C20H27F3N2O3/c21-20(22,23)16-5-4-6-17(13-16)28-14-18(26)24-15-19(7-2-1-3-8-19)25-9-11-27-12-10-25/h4-6,13H,1-3,7-12,14-15H2,(H,24,26). The number of hydrogen-bond acceptors (Lipinski definition) is 4. The van der Waals surface area contributed by atoms with E-state index in [4.69, 9.17) is 9.47 Å². The molecule has 1 aliphatic carbocycles. The molecule has 1 heterocycles. The Morgan fingerprint density at radius 3 is 2.57 bits per heavy atom. The number of nitrogens with zero attached hydrogens (tertiary/aromatic N) is 1. The van der Waals surface area contributed by atoms with Gasteiger partial charge in [0.05, 0.1) is 18.8 Å². The fourth-order valence-electron chi connectivity index (χ4n) is 4.08. The van der Waals surface area contributed by atoms with Crippen LogP contribution in [0.3, 0.4) is 0 Å². The van der Waals surface area contributed by atoms with Gasteiger partial charge >= 0.3 is 6.18 Å². The molecule has 3 rings (SSSR count). The number of morpholine rings is 1. The van der Waals surface area contributed by atoms with Gasteiger partial charge < -0.3 is 14.8 Å². The summed E-state index contributed by atoms with van der Waals surface area (Å²) in [6.45, 7) is 3.34. The summed E-state index contributed by atoms with van der Waals surface area (Å²) in [5.74, 6) is -0.291. The zero-order valence-electron chi connectivity index (χ0n) is 15.9. The molecule has 1 aromatic rings. The average Bonchev–Trinajstić information content (AvgIpc) is 2.72. The van der Waals surface area contributed by atoms with Crippen molar-refractivity contribution in [1.82, 2.24) is 10.2 Å². The summed E-state index contributed by atoms with van der Waals surface area (Å²) < 4.78 is 49.0. The third kappa shape index (κ3) is 5.38. The van der Waals surface area contributed by atoms with Crippen LogP contribution in [-0.2, 0) is 15.7 Å². The van der Waals surface area contributed by atoms with E-state index in [0.29, 0.717) is 19.8 Å². The van der Waals surface area contributed by atoms with Crippen LogP contribution in [-0.4, -0.2) is 55.8 Å². The Labute approximate surface area is 163 Å². The summed E-state index contributed by atoms with van der Waals surface area (Å²) in [7, 11) is 0. The Bertz CT molecular complexity index is 654. The van der Waals surface area contributed by atoms with Crippen LogP contribution < -0.4 is 10.1 Å². The van der Waals surface area contributed by atoms with Gasteiger partial charge in [0.15, 0.2) is 6.61 Å². The third-order valence-electron chi connectivity index (χ3n) is 5.61. The molecular formula is C20H27F3N2O3. The quantitative estimate of drug-likeness (QED) is 0.797. The van der Waals surface area contributed by atoms with E-state index in [9.17, 15) is 18.0 Å². The highest BCUT2D eigenvalue weighted by Gasteiger charge is 2.38. The molecule has 0 spiro atoms. The Balaban J connectivity index is 1.53. The van der Waals surface area contributed by atoms with Crippen LogP contribution in [0.2, 0.25) is 0 Å². The lowest BCUT2D eigenvalue weighted by atomic mass is 9.79. The summed E-state index contributed by atoms with van der Waals surface area (Å²) in [5, 5.41) is 2.94. The molecule has 1 aromatic carbocycles. The fraction of sp³-hybridized carbons (Fsp3) is 0.650. The maximum Gasteiger partial charge on any atom is 0.416 e. The van der Waals surface area contributed by atoms with Crippen molar-refractivity contribution in [3.05, 3.63) is 29.8 Å². The average molecular weight is 400 g/mol. The van der Waals surface area contributed by atoms with Gasteiger partial charge in [-0.05, 0) is 31.0 Å². The van der Waals surface area contributed by atoms with Gasteiger partial charge in [0.2, 0.25) is 0 Å². The molecule has 0 atom stereocenters. The fourth-order valence-corrected chi connectivity index (χ4v) is 4.08. The maximum absolute atomic E-state index is 12.8. The third-order valence-corrected chi connectivity index (χ3v) is 5.61. The second-order valence-corrected chi connectivity index (χ2v) is 7.48. The van der Waals surface area contributed by atoms with E-state index >= 15 is 0 Å². The smallest absolute Gasteiger partial charge is 0.416 e. The Hall–Kier alpha value is -1.80. The number of halogens is 3. The van der Waals surface area contributed by atoms with E-state index in [1.807, 2.05) is 0 Å². The molecular weight excluding hydrogens is 373 g/mol. The lowest BCUT2D eigenvalue weighted by Gasteiger charge is -2.48. The van der Waals surface area contributed by atoms with Crippen molar-refractivity contribution in [3.8, 4) is 5.75 Å². The van der Waals surface area contributed by atoms with Crippen molar-refractivity contribution in [2.45, 2.75) is 43.8 Å². The molecule has 1 N–H and O–H groups in total. The van der Waals surface area contributed by atoms with Gasteiger partial charge in [0, 0.05) is 25.2 Å². The molecule has 1 aliphatic heterocycles. The largest absolute Gasteiger partial charge is 0.484 e. The van der Waals surface area contributed by atoms with Crippen molar-refractivity contribution in [2.75, 3.05) is 39.5 Å². The van der Waals surface area contributed by atoms with Crippen LogP contribution in [0.4, 0.5) is 13.2 Å². The molecule has 0 bridgehead atoms. The second kappa shape index (κ2) is 9.13. The second-order valence-electron chi connectivity index (χ2n) is 7.48. The zero-order chi connectivity index (χ0) is 20.0. The minimum absolute atomic E-state index is 0.0329. The summed E-state index contributed by atoms with van der Waals surface area (Å²) >= 11 is 0. The number of carbonyl (C=O) groups is 1. The number of hydrogen-bond donors (Lipinski definition) is 1. The number of rotatable bonds is 6. The first-order valence-electron chi connectivity index (χ1n) is 9.79. The highest BCUT2D eigenvalue weighted by atomic mass is 19.4. The first-order valence-corrected chi connectivity index (χ1v) is 9.79. The maximum atomic E-state index is 12.8. The number of benzene rings is 1. The van der Waals surface area contributed by atoms with Crippen LogP contribution in [0.1, 0.15) is 37.7 Å². The monoisotopic (exact) mass is 400 g/mol. The molecule has 1 amide bonds. The van der Waals surface area contributed by atoms with Crippen molar-refractivity contribution in [3.63, 3.8) is 0 Å². The highest BCUT2D eigenvalue weighted by molar-refractivity contribution is 5.77. The number of alkyl halides is 3. The lowest BCUT2D eigenvalue weighted by molar-refractivity contribution is -0.137. The number of carbonyl (C=O) groups excluding carboxylic acids is 1. The number of nitrogens with one attached hydrogen (secondary N) is 1. The van der Waals surface area contributed by atoms with Crippen LogP contribution in [0.15, 0.2) is 24.3 Å². The molecule has 0 aromatic heterocycles. The molecule has 2 aliphatic rings. The van der Waals surface area contributed by atoms with Crippen LogP contribution in [0.25, 0.3) is 0 Å². The van der Waals surface area contributed by atoms with E-state index in [1.54, 1.807) is 0 Å². The predicted molar refractivity (Wildman–Crippen MR) is 98.2 cm³/mol. The van der Waals surface area contributed by atoms with Gasteiger partial charge in [-0.15, -0.1) is 0 Å². The van der Waals surface area contributed by atoms with E-state index in [2.05, 4.69) is 10.2 Å². The van der Waals surface area contributed by atoms with E-state index in [0.717, 1.165) is 50.9 Å². The molecule has 1 saturated carbocycles. The molecule has 0 radical (unpaired) electrons. The summed E-state index contributed by atoms with van der Waals surface area (Å²) in [6, 6.07) is 4.57. The first-order chi connectivity index (χ1) is 13.4. The van der Waals surface area contributed by atoms with Crippen molar-refractivity contribution in [1.29, 1.82) is 0 Å². The van der Waals surface area contributed by atoms with Crippen molar-refractivity contribution >= 4 is 5.91 Å². The molecule has 2 fully saturated rings. The molecule has 0 unspecified atom stereocenters. The minimum atomic E-state index is -4.44. The highest BCUT2D eigenvalue weighted by Crippen LogP contribution is 2.34. The molecule has 5 nitrogen and oxygen atoms in total. The Kier molecular flexibility index (Phi) is 6.82. The Morgan fingerprint density at radius 2 is 1.89 bits per heavy atom. The van der Waals surface area contributed by atoms with Gasteiger partial charge in [-0.2, -0.15) is 13.2 Å². The topological polar surface area (TPSA) is 50.8 Å².